The highest BCUT2D eigenvalue weighted by Crippen LogP contribution is 2.17. The summed E-state index contributed by atoms with van der Waals surface area (Å²) in [5.41, 5.74) is 12.9. The summed E-state index contributed by atoms with van der Waals surface area (Å²) in [6.07, 6.45) is 0. The van der Waals surface area contributed by atoms with E-state index in [0.717, 1.165) is 5.56 Å². The molecule has 0 aliphatic carbocycles. The van der Waals surface area contributed by atoms with Gasteiger partial charge in [0.25, 0.3) is 0 Å². The number of aryl methyl sites for hydroxylation is 1. The van der Waals surface area contributed by atoms with Crippen molar-refractivity contribution in [3.8, 4) is 11.5 Å². The predicted octanol–water partition coefficient (Wildman–Crippen LogP) is 2.26. The quantitative estimate of drug-likeness (QED) is 0.414. The third-order valence-electron chi connectivity index (χ3n) is 2.11. The molecule has 0 radical (unpaired) electrons. The lowest BCUT2D eigenvalue weighted by Gasteiger charge is -1.97. The van der Waals surface area contributed by atoms with E-state index in [9.17, 15) is 0 Å². The molecule has 0 bridgehead atoms. The first-order valence-corrected chi connectivity index (χ1v) is 5.08. The van der Waals surface area contributed by atoms with Crippen LogP contribution in [0.25, 0.3) is 0 Å². The third-order valence-corrected chi connectivity index (χ3v) is 2.11. The molecular weight excluding hydrogens is 216 g/mol. The maximum Gasteiger partial charge on any atom is 0.118 e. The van der Waals surface area contributed by atoms with Gasteiger partial charge in [-0.25, -0.2) is 0 Å². The van der Waals surface area contributed by atoms with Gasteiger partial charge in [-0.3, -0.25) is 0 Å². The molecule has 0 unspecified atom stereocenters. The van der Waals surface area contributed by atoms with E-state index in [1.165, 1.54) is 0 Å². The van der Waals surface area contributed by atoms with E-state index in [0.29, 0.717) is 17.1 Å². The van der Waals surface area contributed by atoms with E-state index in [1.54, 1.807) is 42.5 Å². The Balaban J connectivity index is 0.000000171. The first kappa shape index (κ1) is 12.7. The molecule has 0 aliphatic rings. The van der Waals surface area contributed by atoms with Crippen molar-refractivity contribution in [3.05, 3.63) is 48.0 Å². The second kappa shape index (κ2) is 5.65. The Hall–Kier alpha value is -2.36. The van der Waals surface area contributed by atoms with E-state index in [4.69, 9.17) is 21.7 Å². The molecule has 0 saturated carbocycles. The minimum atomic E-state index is 0.249. The Kier molecular flexibility index (Phi) is 4.22. The number of anilines is 2. The van der Waals surface area contributed by atoms with Crippen LogP contribution in [0.5, 0.6) is 11.5 Å². The van der Waals surface area contributed by atoms with Crippen LogP contribution < -0.4 is 11.5 Å². The van der Waals surface area contributed by atoms with Crippen LogP contribution in [0, 0.1) is 6.92 Å². The number of hydrogen-bond acceptors (Lipinski definition) is 4. The highest BCUT2D eigenvalue weighted by molar-refractivity contribution is 5.46. The van der Waals surface area contributed by atoms with Crippen molar-refractivity contribution in [1.82, 2.24) is 0 Å². The summed E-state index contributed by atoms with van der Waals surface area (Å²) in [5, 5.41) is 17.7. The SMILES string of the molecule is Cc1cc(N)ccc1O.Nc1ccc(O)cc1. The molecule has 0 fully saturated rings. The van der Waals surface area contributed by atoms with E-state index in [-0.39, 0.29) is 5.75 Å². The Morgan fingerprint density at radius 3 is 1.76 bits per heavy atom. The molecule has 0 saturated heterocycles. The van der Waals surface area contributed by atoms with Gasteiger partial charge in [-0.1, -0.05) is 0 Å². The number of benzene rings is 2. The zero-order valence-electron chi connectivity index (χ0n) is 9.59. The first-order chi connectivity index (χ1) is 7.99. The molecule has 0 amide bonds. The lowest BCUT2D eigenvalue weighted by atomic mass is 10.2. The topological polar surface area (TPSA) is 92.5 Å². The Morgan fingerprint density at radius 1 is 0.824 bits per heavy atom. The highest BCUT2D eigenvalue weighted by atomic mass is 16.3. The number of nitrogens with two attached hydrogens (primary N) is 2. The molecule has 90 valence electrons. The van der Waals surface area contributed by atoms with E-state index in [1.807, 2.05) is 6.92 Å². The number of nitrogen functional groups attached to an aromatic ring is 2. The molecular formula is C13H16N2O2. The van der Waals surface area contributed by atoms with Gasteiger partial charge in [0.2, 0.25) is 0 Å². The second-order valence-electron chi connectivity index (χ2n) is 3.64. The van der Waals surface area contributed by atoms with Crippen LogP contribution in [-0.4, -0.2) is 10.2 Å². The molecule has 4 heteroatoms. The molecule has 6 N–H and O–H groups in total. The molecule has 0 aliphatic heterocycles. The standard InChI is InChI=1S/C7H9NO.C6H7NO/c1-5-4-6(8)2-3-7(5)9;7-5-1-3-6(8)4-2-5/h2-4,9H,8H2,1H3;1-4,8H,7H2. The van der Waals surface area contributed by atoms with Crippen LogP contribution in [0.15, 0.2) is 42.5 Å². The number of phenolic OH excluding ortho intramolecular Hbond substituents is 2. The van der Waals surface area contributed by atoms with Crippen molar-refractivity contribution in [3.63, 3.8) is 0 Å². The minimum Gasteiger partial charge on any atom is -0.508 e. The monoisotopic (exact) mass is 232 g/mol. The van der Waals surface area contributed by atoms with Crippen LogP contribution in [-0.2, 0) is 0 Å². The van der Waals surface area contributed by atoms with Gasteiger partial charge >= 0.3 is 0 Å². The average molecular weight is 232 g/mol. The van der Waals surface area contributed by atoms with Gasteiger partial charge in [0, 0.05) is 11.4 Å². The molecule has 17 heavy (non-hydrogen) atoms. The summed E-state index contributed by atoms with van der Waals surface area (Å²) in [7, 11) is 0. The van der Waals surface area contributed by atoms with Gasteiger partial charge in [-0.15, -0.1) is 0 Å². The summed E-state index contributed by atoms with van der Waals surface area (Å²) in [5.74, 6) is 0.545. The summed E-state index contributed by atoms with van der Waals surface area (Å²) in [6.45, 7) is 1.81. The zero-order valence-corrected chi connectivity index (χ0v) is 9.59. The second-order valence-corrected chi connectivity index (χ2v) is 3.64. The number of phenols is 2. The molecule has 0 heterocycles. The van der Waals surface area contributed by atoms with E-state index < -0.39 is 0 Å². The normalized spacial score (nSPS) is 9.24. The van der Waals surface area contributed by atoms with Gasteiger partial charge in [-0.05, 0) is 55.0 Å². The first-order valence-electron chi connectivity index (χ1n) is 5.08. The van der Waals surface area contributed by atoms with Gasteiger partial charge < -0.3 is 21.7 Å². The van der Waals surface area contributed by atoms with Gasteiger partial charge in [0.15, 0.2) is 0 Å². The van der Waals surface area contributed by atoms with Crippen LogP contribution >= 0.6 is 0 Å². The molecule has 0 spiro atoms. The van der Waals surface area contributed by atoms with Crippen LogP contribution in [0.2, 0.25) is 0 Å². The van der Waals surface area contributed by atoms with Gasteiger partial charge in [0.05, 0.1) is 0 Å². The zero-order chi connectivity index (χ0) is 12.8. The van der Waals surface area contributed by atoms with Crippen molar-refractivity contribution in [2.45, 2.75) is 6.92 Å². The fourth-order valence-electron chi connectivity index (χ4n) is 1.15. The summed E-state index contributed by atoms with van der Waals surface area (Å²) in [4.78, 5) is 0. The molecule has 2 rings (SSSR count). The maximum absolute atomic E-state index is 8.99. The fraction of sp³-hybridized carbons (Fsp3) is 0.0769. The predicted molar refractivity (Wildman–Crippen MR) is 69.8 cm³/mol. The maximum atomic E-state index is 8.99. The molecule has 2 aromatic rings. The minimum absolute atomic E-state index is 0.249. The smallest absolute Gasteiger partial charge is 0.118 e. The third kappa shape index (κ3) is 4.34. The van der Waals surface area contributed by atoms with Crippen LogP contribution in [0.4, 0.5) is 11.4 Å². The van der Waals surface area contributed by atoms with Crippen molar-refractivity contribution in [1.29, 1.82) is 0 Å². The number of hydrogen-bond donors (Lipinski definition) is 4. The molecule has 2 aromatic carbocycles. The lowest BCUT2D eigenvalue weighted by molar-refractivity contribution is 0.471. The van der Waals surface area contributed by atoms with Crippen LogP contribution in [0.1, 0.15) is 5.56 Å². The van der Waals surface area contributed by atoms with Crippen molar-refractivity contribution in [2.75, 3.05) is 11.5 Å². The summed E-state index contributed by atoms with van der Waals surface area (Å²) in [6, 6.07) is 11.4. The highest BCUT2D eigenvalue weighted by Gasteiger charge is 1.92. The van der Waals surface area contributed by atoms with E-state index in [2.05, 4.69) is 0 Å². The number of aromatic hydroxyl groups is 2. The Bertz CT molecular complexity index is 460. The largest absolute Gasteiger partial charge is 0.508 e. The lowest BCUT2D eigenvalue weighted by Crippen LogP contribution is -1.84. The van der Waals surface area contributed by atoms with Gasteiger partial charge in [-0.2, -0.15) is 0 Å². The fourth-order valence-corrected chi connectivity index (χ4v) is 1.15. The molecule has 4 nitrogen and oxygen atoms in total. The van der Waals surface area contributed by atoms with E-state index >= 15 is 0 Å². The number of rotatable bonds is 0. The van der Waals surface area contributed by atoms with Crippen molar-refractivity contribution < 1.29 is 10.2 Å². The Morgan fingerprint density at radius 2 is 1.35 bits per heavy atom. The van der Waals surface area contributed by atoms with Gasteiger partial charge in [0.1, 0.15) is 11.5 Å². The Labute approximate surface area is 100 Å². The summed E-state index contributed by atoms with van der Waals surface area (Å²) >= 11 is 0. The molecule has 0 aromatic heterocycles. The van der Waals surface area contributed by atoms with Crippen molar-refractivity contribution in [2.24, 2.45) is 0 Å². The average Bonchev–Trinajstić information content (AvgIpc) is 2.29. The van der Waals surface area contributed by atoms with Crippen molar-refractivity contribution >= 4 is 11.4 Å². The van der Waals surface area contributed by atoms with Crippen LogP contribution in [0.3, 0.4) is 0 Å². The molecule has 0 atom stereocenters. The summed E-state index contributed by atoms with van der Waals surface area (Å²) < 4.78 is 0.